The topological polar surface area (TPSA) is 101 Å². The summed E-state index contributed by atoms with van der Waals surface area (Å²) in [5, 5.41) is 7.45. The SMILES string of the molecule is Cc1oc(-c2ccc(Cl)cc2)cc1C(=O)Nc1cc(Cl)ccc1-c1noc(=O)[nH]1. The van der Waals surface area contributed by atoms with Crippen molar-refractivity contribution >= 4 is 34.8 Å². The maximum absolute atomic E-state index is 12.9. The molecule has 2 aromatic heterocycles. The Hall–Kier alpha value is -3.29. The summed E-state index contributed by atoms with van der Waals surface area (Å²) in [7, 11) is 0. The summed E-state index contributed by atoms with van der Waals surface area (Å²) < 4.78 is 10.3. The summed E-state index contributed by atoms with van der Waals surface area (Å²) >= 11 is 12.0. The van der Waals surface area contributed by atoms with Crippen molar-refractivity contribution in [3.8, 4) is 22.7 Å². The lowest BCUT2D eigenvalue weighted by Gasteiger charge is -2.09. The molecule has 0 unspecified atom stereocenters. The molecule has 2 N–H and O–H groups in total. The molecule has 0 atom stereocenters. The van der Waals surface area contributed by atoms with Crippen molar-refractivity contribution in [2.45, 2.75) is 6.92 Å². The Morgan fingerprint density at radius 3 is 2.48 bits per heavy atom. The molecule has 0 fully saturated rings. The zero-order valence-corrected chi connectivity index (χ0v) is 16.5. The molecule has 0 aliphatic carbocycles. The number of furan rings is 1. The van der Waals surface area contributed by atoms with Gasteiger partial charge in [-0.3, -0.25) is 14.3 Å². The molecular weight excluding hydrogens is 417 g/mol. The van der Waals surface area contributed by atoms with Crippen LogP contribution in [0.15, 0.2) is 62.3 Å². The third-order valence-corrected chi connectivity index (χ3v) is 4.70. The van der Waals surface area contributed by atoms with Crippen LogP contribution in [0.4, 0.5) is 5.69 Å². The number of H-pyrrole nitrogens is 1. The maximum atomic E-state index is 12.9. The van der Waals surface area contributed by atoms with Gasteiger partial charge >= 0.3 is 5.76 Å². The highest BCUT2D eigenvalue weighted by Gasteiger charge is 2.19. The summed E-state index contributed by atoms with van der Waals surface area (Å²) in [5.74, 6) is 0.0569. The summed E-state index contributed by atoms with van der Waals surface area (Å²) in [6, 6.07) is 13.5. The first-order chi connectivity index (χ1) is 13.9. The van der Waals surface area contributed by atoms with Gasteiger partial charge in [0.15, 0.2) is 5.82 Å². The van der Waals surface area contributed by atoms with Crippen molar-refractivity contribution in [1.29, 1.82) is 0 Å². The molecule has 0 saturated carbocycles. The molecule has 0 aliphatic heterocycles. The minimum absolute atomic E-state index is 0.174. The minimum Gasteiger partial charge on any atom is -0.461 e. The number of hydrogen-bond donors (Lipinski definition) is 2. The Balaban J connectivity index is 1.66. The third kappa shape index (κ3) is 3.96. The van der Waals surface area contributed by atoms with Crippen LogP contribution in [0.2, 0.25) is 10.0 Å². The Labute approximate surface area is 174 Å². The van der Waals surface area contributed by atoms with Crippen LogP contribution in [0.25, 0.3) is 22.7 Å². The fraction of sp³-hybridized carbons (Fsp3) is 0.0500. The van der Waals surface area contributed by atoms with Gasteiger partial charge < -0.3 is 9.73 Å². The van der Waals surface area contributed by atoms with Gasteiger partial charge in [-0.1, -0.05) is 28.4 Å². The first-order valence-corrected chi connectivity index (χ1v) is 9.20. The lowest BCUT2D eigenvalue weighted by atomic mass is 10.1. The number of carbonyl (C=O) groups is 1. The molecule has 0 saturated heterocycles. The zero-order valence-electron chi connectivity index (χ0n) is 15.0. The van der Waals surface area contributed by atoms with Gasteiger partial charge in [-0.15, -0.1) is 0 Å². The van der Waals surface area contributed by atoms with E-state index in [0.29, 0.717) is 38.4 Å². The fourth-order valence-corrected chi connectivity index (χ4v) is 3.12. The molecule has 29 heavy (non-hydrogen) atoms. The number of rotatable bonds is 4. The van der Waals surface area contributed by atoms with Gasteiger partial charge in [-0.05, 0) is 55.5 Å². The number of halogens is 2. The molecule has 4 rings (SSSR count). The molecule has 2 heterocycles. The first-order valence-electron chi connectivity index (χ1n) is 8.44. The standard InChI is InChI=1S/C20H13Cl2N3O4/c1-10-15(9-17(28-10)11-2-4-12(21)5-3-11)19(26)23-16-8-13(22)6-7-14(16)18-24-20(27)29-25-18/h2-9H,1H3,(H,23,26)(H,24,25,27). The Kier molecular flexibility index (Phi) is 5.00. The average molecular weight is 430 g/mol. The fourth-order valence-electron chi connectivity index (χ4n) is 2.83. The van der Waals surface area contributed by atoms with Gasteiger partial charge in [-0.25, -0.2) is 4.79 Å². The maximum Gasteiger partial charge on any atom is 0.439 e. The average Bonchev–Trinajstić information content (AvgIpc) is 3.28. The van der Waals surface area contributed by atoms with E-state index in [4.69, 9.17) is 27.6 Å². The van der Waals surface area contributed by atoms with Crippen molar-refractivity contribution < 1.29 is 13.7 Å². The minimum atomic E-state index is -0.703. The number of carbonyl (C=O) groups excluding carboxylic acids is 1. The van der Waals surface area contributed by atoms with E-state index in [1.165, 1.54) is 0 Å². The summed E-state index contributed by atoms with van der Waals surface area (Å²) in [4.78, 5) is 26.6. The highest BCUT2D eigenvalue weighted by Crippen LogP contribution is 2.30. The van der Waals surface area contributed by atoms with Crippen LogP contribution in [0.5, 0.6) is 0 Å². The van der Waals surface area contributed by atoms with Crippen molar-refractivity contribution in [2.24, 2.45) is 0 Å². The molecule has 2 aromatic carbocycles. The van der Waals surface area contributed by atoms with Crippen LogP contribution in [0.1, 0.15) is 16.1 Å². The van der Waals surface area contributed by atoms with E-state index in [-0.39, 0.29) is 5.82 Å². The summed E-state index contributed by atoms with van der Waals surface area (Å²) in [6.45, 7) is 1.70. The van der Waals surface area contributed by atoms with Gasteiger partial charge in [0.05, 0.1) is 11.3 Å². The molecule has 4 aromatic rings. The number of hydrogen-bond acceptors (Lipinski definition) is 5. The second-order valence-electron chi connectivity index (χ2n) is 6.18. The molecule has 7 nitrogen and oxygen atoms in total. The molecule has 0 aliphatic rings. The van der Waals surface area contributed by atoms with E-state index >= 15 is 0 Å². The van der Waals surface area contributed by atoms with E-state index in [0.717, 1.165) is 5.56 Å². The van der Waals surface area contributed by atoms with Gasteiger partial charge in [0.2, 0.25) is 0 Å². The van der Waals surface area contributed by atoms with E-state index in [1.807, 2.05) is 0 Å². The van der Waals surface area contributed by atoms with E-state index in [2.05, 4.69) is 20.0 Å². The Bertz CT molecular complexity index is 1260. The predicted molar refractivity (Wildman–Crippen MR) is 109 cm³/mol. The van der Waals surface area contributed by atoms with Crippen LogP contribution >= 0.6 is 23.2 Å². The number of benzene rings is 2. The summed E-state index contributed by atoms with van der Waals surface area (Å²) in [6.07, 6.45) is 0. The number of nitrogens with one attached hydrogen (secondary N) is 2. The second kappa shape index (κ2) is 7.62. The predicted octanol–water partition coefficient (Wildman–Crippen LogP) is 5.16. The van der Waals surface area contributed by atoms with Crippen molar-refractivity contribution in [2.75, 3.05) is 5.32 Å². The number of aromatic amines is 1. The van der Waals surface area contributed by atoms with Crippen LogP contribution in [-0.2, 0) is 0 Å². The molecule has 146 valence electrons. The zero-order chi connectivity index (χ0) is 20.5. The normalized spacial score (nSPS) is 10.9. The Morgan fingerprint density at radius 2 is 1.79 bits per heavy atom. The molecule has 0 bridgehead atoms. The van der Waals surface area contributed by atoms with Crippen LogP contribution in [-0.4, -0.2) is 16.0 Å². The number of amides is 1. The Morgan fingerprint density at radius 1 is 1.07 bits per heavy atom. The van der Waals surface area contributed by atoms with Crippen LogP contribution < -0.4 is 11.1 Å². The van der Waals surface area contributed by atoms with Gasteiger partial charge in [0, 0.05) is 21.2 Å². The van der Waals surface area contributed by atoms with E-state index < -0.39 is 11.7 Å². The van der Waals surface area contributed by atoms with Gasteiger partial charge in [0.25, 0.3) is 5.91 Å². The van der Waals surface area contributed by atoms with Crippen LogP contribution in [0, 0.1) is 6.92 Å². The molecular formula is C20H13Cl2N3O4. The monoisotopic (exact) mass is 429 g/mol. The third-order valence-electron chi connectivity index (χ3n) is 4.22. The van der Waals surface area contributed by atoms with E-state index in [1.54, 1.807) is 55.5 Å². The lowest BCUT2D eigenvalue weighted by Crippen LogP contribution is -2.13. The first kappa shape index (κ1) is 19.0. The van der Waals surface area contributed by atoms with Gasteiger partial charge in [-0.2, -0.15) is 0 Å². The van der Waals surface area contributed by atoms with Crippen molar-refractivity contribution in [3.05, 3.63) is 80.5 Å². The van der Waals surface area contributed by atoms with Gasteiger partial charge in [0.1, 0.15) is 11.5 Å². The largest absolute Gasteiger partial charge is 0.461 e. The van der Waals surface area contributed by atoms with Crippen molar-refractivity contribution in [1.82, 2.24) is 10.1 Å². The molecule has 0 spiro atoms. The number of aryl methyl sites for hydroxylation is 1. The lowest BCUT2D eigenvalue weighted by molar-refractivity contribution is 0.102. The highest BCUT2D eigenvalue weighted by molar-refractivity contribution is 6.31. The van der Waals surface area contributed by atoms with Crippen molar-refractivity contribution in [3.63, 3.8) is 0 Å². The molecule has 1 amide bonds. The number of anilines is 1. The van der Waals surface area contributed by atoms with Crippen LogP contribution in [0.3, 0.4) is 0 Å². The molecule has 0 radical (unpaired) electrons. The number of nitrogens with zero attached hydrogens (tertiary/aromatic N) is 1. The van der Waals surface area contributed by atoms with E-state index in [9.17, 15) is 9.59 Å². The highest BCUT2D eigenvalue weighted by atomic mass is 35.5. The smallest absolute Gasteiger partial charge is 0.439 e. The second-order valence-corrected chi connectivity index (χ2v) is 7.05. The quantitative estimate of drug-likeness (QED) is 0.466. The summed E-state index contributed by atoms with van der Waals surface area (Å²) in [5.41, 5.74) is 1.96. The molecule has 9 heteroatoms. The number of aromatic nitrogens is 2.